The minimum atomic E-state index is -3.26. The summed E-state index contributed by atoms with van der Waals surface area (Å²) >= 11 is 0. The molecule has 0 spiro atoms. The molecule has 0 bridgehead atoms. The Morgan fingerprint density at radius 1 is 1.46 bits per heavy atom. The van der Waals surface area contributed by atoms with Crippen molar-refractivity contribution in [2.75, 3.05) is 0 Å². The van der Waals surface area contributed by atoms with Crippen molar-refractivity contribution >= 4 is 10.0 Å². The largest absolute Gasteiger partial charge is 0.216 e. The van der Waals surface area contributed by atoms with Crippen LogP contribution in [0.25, 0.3) is 0 Å². The highest BCUT2D eigenvalue weighted by atomic mass is 32.2. The summed E-state index contributed by atoms with van der Waals surface area (Å²) in [4.78, 5) is 0. The summed E-state index contributed by atoms with van der Waals surface area (Å²) in [5.41, 5.74) is 0. The molecule has 76 valence electrons. The van der Waals surface area contributed by atoms with Crippen molar-refractivity contribution in [2.45, 2.75) is 44.9 Å². The zero-order valence-electron chi connectivity index (χ0n) is 8.59. The molecule has 0 aromatic heterocycles. The van der Waals surface area contributed by atoms with Gasteiger partial charge in [0.05, 0.1) is 4.75 Å². The number of sulfonamides is 1. The number of terminal acetylenes is 1. The third-order valence-corrected chi connectivity index (χ3v) is 3.91. The van der Waals surface area contributed by atoms with E-state index in [2.05, 4.69) is 10.6 Å². The van der Waals surface area contributed by atoms with Gasteiger partial charge in [-0.05, 0) is 27.7 Å². The van der Waals surface area contributed by atoms with Crippen LogP contribution in [0, 0.1) is 12.3 Å². The molecule has 0 heterocycles. The second kappa shape index (κ2) is 4.12. The SMILES string of the molecule is C#CCC(C)NS(=O)(=O)C(C)(C)C. The zero-order valence-corrected chi connectivity index (χ0v) is 9.40. The summed E-state index contributed by atoms with van der Waals surface area (Å²) in [6.45, 7) is 6.71. The Bertz CT molecular complexity index is 293. The average molecular weight is 203 g/mol. The van der Waals surface area contributed by atoms with Gasteiger partial charge in [-0.15, -0.1) is 12.3 Å². The van der Waals surface area contributed by atoms with Crippen LogP contribution in [-0.4, -0.2) is 19.2 Å². The predicted octanol–water partition coefficient (Wildman–Crippen LogP) is 1.12. The Morgan fingerprint density at radius 3 is 2.23 bits per heavy atom. The van der Waals surface area contributed by atoms with E-state index >= 15 is 0 Å². The minimum Gasteiger partial charge on any atom is -0.212 e. The second-order valence-electron chi connectivity index (χ2n) is 4.04. The van der Waals surface area contributed by atoms with Crippen molar-refractivity contribution in [1.29, 1.82) is 0 Å². The lowest BCUT2D eigenvalue weighted by molar-refractivity contribution is 0.529. The molecule has 0 saturated carbocycles. The van der Waals surface area contributed by atoms with Gasteiger partial charge in [-0.25, -0.2) is 13.1 Å². The molecule has 0 rings (SSSR count). The monoisotopic (exact) mass is 203 g/mol. The van der Waals surface area contributed by atoms with E-state index in [0.29, 0.717) is 6.42 Å². The molecule has 4 heteroatoms. The molecule has 0 saturated heterocycles. The molecule has 0 fully saturated rings. The normalized spacial score (nSPS) is 15.0. The van der Waals surface area contributed by atoms with E-state index in [-0.39, 0.29) is 6.04 Å². The summed E-state index contributed by atoms with van der Waals surface area (Å²) in [5, 5.41) is 0. The van der Waals surface area contributed by atoms with E-state index in [4.69, 9.17) is 6.42 Å². The molecule has 1 unspecified atom stereocenters. The van der Waals surface area contributed by atoms with Crippen molar-refractivity contribution in [3.05, 3.63) is 0 Å². The van der Waals surface area contributed by atoms with Crippen LogP contribution in [0.4, 0.5) is 0 Å². The standard InChI is InChI=1S/C9H17NO2S/c1-6-7-8(2)10-13(11,12)9(3,4)5/h1,8,10H,7H2,2-5H3. The topological polar surface area (TPSA) is 46.2 Å². The molecule has 0 aliphatic heterocycles. The van der Waals surface area contributed by atoms with Gasteiger partial charge in [0, 0.05) is 12.5 Å². The molecule has 0 amide bonds. The maximum atomic E-state index is 11.6. The molecule has 0 aromatic carbocycles. The van der Waals surface area contributed by atoms with E-state index in [1.165, 1.54) is 0 Å². The van der Waals surface area contributed by atoms with Gasteiger partial charge in [-0.1, -0.05) is 0 Å². The fourth-order valence-corrected chi connectivity index (χ4v) is 1.63. The van der Waals surface area contributed by atoms with Gasteiger partial charge in [-0.3, -0.25) is 0 Å². The summed E-state index contributed by atoms with van der Waals surface area (Å²) in [7, 11) is -3.26. The number of nitrogens with one attached hydrogen (secondary N) is 1. The van der Waals surface area contributed by atoms with Gasteiger partial charge in [0.15, 0.2) is 0 Å². The molecular formula is C9H17NO2S. The lowest BCUT2D eigenvalue weighted by Gasteiger charge is -2.22. The van der Waals surface area contributed by atoms with Crippen LogP contribution in [0.15, 0.2) is 0 Å². The van der Waals surface area contributed by atoms with Crippen molar-refractivity contribution in [3.63, 3.8) is 0 Å². The first-order valence-electron chi connectivity index (χ1n) is 4.16. The van der Waals surface area contributed by atoms with Crippen LogP contribution in [0.5, 0.6) is 0 Å². The maximum absolute atomic E-state index is 11.6. The maximum Gasteiger partial charge on any atom is 0.216 e. The molecule has 0 radical (unpaired) electrons. The Morgan fingerprint density at radius 2 is 1.92 bits per heavy atom. The fourth-order valence-electron chi connectivity index (χ4n) is 0.660. The molecule has 1 atom stereocenters. The van der Waals surface area contributed by atoms with Crippen LogP contribution < -0.4 is 4.72 Å². The molecule has 3 nitrogen and oxygen atoms in total. The van der Waals surface area contributed by atoms with Crippen molar-refractivity contribution in [3.8, 4) is 12.3 Å². The number of hydrogen-bond donors (Lipinski definition) is 1. The van der Waals surface area contributed by atoms with Gasteiger partial charge in [0.25, 0.3) is 0 Å². The van der Waals surface area contributed by atoms with E-state index in [1.807, 2.05) is 0 Å². The van der Waals surface area contributed by atoms with Crippen LogP contribution in [0.1, 0.15) is 34.1 Å². The molecule has 1 N–H and O–H groups in total. The highest BCUT2D eigenvalue weighted by Crippen LogP contribution is 2.13. The quantitative estimate of drug-likeness (QED) is 0.699. The Kier molecular flexibility index (Phi) is 3.95. The Labute approximate surface area is 81.0 Å². The van der Waals surface area contributed by atoms with Gasteiger partial charge in [0.1, 0.15) is 0 Å². The first-order valence-corrected chi connectivity index (χ1v) is 5.64. The van der Waals surface area contributed by atoms with Gasteiger partial charge in [0.2, 0.25) is 10.0 Å². The summed E-state index contributed by atoms with van der Waals surface area (Å²) < 4.78 is 24.9. The number of rotatable bonds is 3. The lowest BCUT2D eigenvalue weighted by atomic mass is 10.3. The van der Waals surface area contributed by atoms with Crippen LogP contribution in [-0.2, 0) is 10.0 Å². The van der Waals surface area contributed by atoms with Crippen molar-refractivity contribution in [1.82, 2.24) is 4.72 Å². The van der Waals surface area contributed by atoms with E-state index < -0.39 is 14.8 Å². The molecule has 13 heavy (non-hydrogen) atoms. The van der Waals surface area contributed by atoms with Gasteiger partial charge >= 0.3 is 0 Å². The van der Waals surface area contributed by atoms with E-state index in [0.717, 1.165) is 0 Å². The zero-order chi connectivity index (χ0) is 10.7. The Balaban J connectivity index is 4.47. The summed E-state index contributed by atoms with van der Waals surface area (Å²) in [6, 6.07) is -0.200. The average Bonchev–Trinajstić information content (AvgIpc) is 1.83. The first kappa shape index (κ1) is 12.5. The highest BCUT2D eigenvalue weighted by molar-refractivity contribution is 7.90. The fraction of sp³-hybridized carbons (Fsp3) is 0.778. The molecule has 0 aliphatic rings. The molecular weight excluding hydrogens is 186 g/mol. The number of hydrogen-bond acceptors (Lipinski definition) is 2. The first-order chi connectivity index (χ1) is 5.70. The summed E-state index contributed by atoms with van der Waals surface area (Å²) in [5.74, 6) is 2.41. The van der Waals surface area contributed by atoms with Crippen molar-refractivity contribution in [2.24, 2.45) is 0 Å². The van der Waals surface area contributed by atoms with Crippen LogP contribution >= 0.6 is 0 Å². The van der Waals surface area contributed by atoms with Gasteiger partial charge in [-0.2, -0.15) is 0 Å². The predicted molar refractivity (Wildman–Crippen MR) is 54.7 cm³/mol. The van der Waals surface area contributed by atoms with Crippen LogP contribution in [0.2, 0.25) is 0 Å². The van der Waals surface area contributed by atoms with Gasteiger partial charge < -0.3 is 0 Å². The van der Waals surface area contributed by atoms with Crippen LogP contribution in [0.3, 0.4) is 0 Å². The Hall–Kier alpha value is -0.530. The van der Waals surface area contributed by atoms with E-state index in [9.17, 15) is 8.42 Å². The molecule has 0 aromatic rings. The second-order valence-corrected chi connectivity index (χ2v) is 6.51. The lowest BCUT2D eigenvalue weighted by Crippen LogP contribution is -2.43. The smallest absolute Gasteiger partial charge is 0.212 e. The van der Waals surface area contributed by atoms with Crippen molar-refractivity contribution < 1.29 is 8.42 Å². The third kappa shape index (κ3) is 3.79. The minimum absolute atomic E-state index is 0.200. The highest BCUT2D eigenvalue weighted by Gasteiger charge is 2.29. The van der Waals surface area contributed by atoms with E-state index in [1.54, 1.807) is 27.7 Å². The molecule has 0 aliphatic carbocycles. The third-order valence-electron chi connectivity index (χ3n) is 1.59. The summed E-state index contributed by atoms with van der Waals surface area (Å²) in [6.07, 6.45) is 5.48.